The van der Waals surface area contributed by atoms with Crippen LogP contribution in [0.3, 0.4) is 0 Å². The quantitative estimate of drug-likeness (QED) is 0.833. The molecule has 4 heteroatoms. The zero-order chi connectivity index (χ0) is 18.4. The van der Waals surface area contributed by atoms with Crippen LogP contribution >= 0.6 is 0 Å². The van der Waals surface area contributed by atoms with E-state index >= 15 is 0 Å². The highest BCUT2D eigenvalue weighted by Gasteiger charge is 2.30. The molecule has 1 unspecified atom stereocenters. The summed E-state index contributed by atoms with van der Waals surface area (Å²) >= 11 is 0. The van der Waals surface area contributed by atoms with E-state index in [1.807, 2.05) is 55.5 Å². The van der Waals surface area contributed by atoms with Crippen LogP contribution in [0.4, 0.5) is 0 Å². The van der Waals surface area contributed by atoms with Gasteiger partial charge in [0.2, 0.25) is 5.91 Å². The lowest BCUT2D eigenvalue weighted by molar-refractivity contribution is -0.122. The molecule has 1 aliphatic heterocycles. The maximum absolute atomic E-state index is 12.3. The third kappa shape index (κ3) is 5.02. The van der Waals surface area contributed by atoms with Crippen molar-refractivity contribution in [1.29, 1.82) is 0 Å². The summed E-state index contributed by atoms with van der Waals surface area (Å²) in [6.07, 6.45) is 1.02. The average Bonchev–Trinajstić information content (AvgIpc) is 3.00. The minimum atomic E-state index is -0.0310. The van der Waals surface area contributed by atoms with Crippen molar-refractivity contribution in [3.63, 3.8) is 0 Å². The minimum Gasteiger partial charge on any atom is -0.350 e. The van der Waals surface area contributed by atoms with Crippen molar-refractivity contribution < 1.29 is 9.59 Å². The van der Waals surface area contributed by atoms with Crippen LogP contribution in [0.1, 0.15) is 36.9 Å². The minimum absolute atomic E-state index is 0.00987. The Balaban J connectivity index is 1.44. The van der Waals surface area contributed by atoms with E-state index in [9.17, 15) is 9.59 Å². The van der Waals surface area contributed by atoms with Gasteiger partial charge in [0.25, 0.3) is 0 Å². The molecular formula is C22H26N2O2. The van der Waals surface area contributed by atoms with Gasteiger partial charge in [-0.25, -0.2) is 0 Å². The van der Waals surface area contributed by atoms with E-state index in [2.05, 4.69) is 22.3 Å². The van der Waals surface area contributed by atoms with E-state index in [0.29, 0.717) is 19.4 Å². The second-order valence-corrected chi connectivity index (χ2v) is 7.06. The highest BCUT2D eigenvalue weighted by Crippen LogP contribution is 2.20. The van der Waals surface area contributed by atoms with Crippen LogP contribution in [-0.4, -0.2) is 29.7 Å². The van der Waals surface area contributed by atoms with Crippen LogP contribution in [-0.2, 0) is 16.1 Å². The van der Waals surface area contributed by atoms with Crippen molar-refractivity contribution in [1.82, 2.24) is 10.2 Å². The van der Waals surface area contributed by atoms with Crippen LogP contribution in [0.25, 0.3) is 0 Å². The SMILES string of the molecule is C[C@@H](NC(=O)CCC1CN(Cc2ccccc2)CC1=O)c1ccccc1. The number of rotatable bonds is 7. The number of carbonyl (C=O) groups is 2. The molecule has 1 aliphatic rings. The summed E-state index contributed by atoms with van der Waals surface area (Å²) in [6.45, 7) is 4.01. The molecule has 0 bridgehead atoms. The van der Waals surface area contributed by atoms with E-state index in [1.54, 1.807) is 0 Å². The van der Waals surface area contributed by atoms with Gasteiger partial charge in [-0.2, -0.15) is 0 Å². The van der Waals surface area contributed by atoms with Gasteiger partial charge in [-0.05, 0) is 24.5 Å². The molecule has 1 N–H and O–H groups in total. The molecule has 2 aromatic carbocycles. The van der Waals surface area contributed by atoms with Gasteiger partial charge >= 0.3 is 0 Å². The number of ketones is 1. The molecule has 1 heterocycles. The standard InChI is InChI=1S/C22H26N2O2/c1-17(19-10-6-3-7-11-19)23-22(26)13-12-20-15-24(16-21(20)25)14-18-8-4-2-5-9-18/h2-11,17,20H,12-16H2,1H3,(H,23,26)/t17-,20?/m1/s1. The molecule has 1 fully saturated rings. The molecule has 1 saturated heterocycles. The molecule has 0 radical (unpaired) electrons. The summed E-state index contributed by atoms with van der Waals surface area (Å²) in [5.74, 6) is 0.233. The second-order valence-electron chi connectivity index (χ2n) is 7.06. The first-order valence-electron chi connectivity index (χ1n) is 9.25. The van der Waals surface area contributed by atoms with E-state index in [4.69, 9.17) is 0 Å². The lowest BCUT2D eigenvalue weighted by atomic mass is 10.0. The zero-order valence-corrected chi connectivity index (χ0v) is 15.2. The largest absolute Gasteiger partial charge is 0.350 e. The predicted octanol–water partition coefficient (Wildman–Crippen LogP) is 3.35. The molecule has 0 aliphatic carbocycles. The zero-order valence-electron chi connectivity index (χ0n) is 15.2. The fourth-order valence-electron chi connectivity index (χ4n) is 3.49. The van der Waals surface area contributed by atoms with Gasteiger partial charge in [-0.15, -0.1) is 0 Å². The summed E-state index contributed by atoms with van der Waals surface area (Å²) in [5, 5.41) is 3.02. The molecule has 2 atom stereocenters. The van der Waals surface area contributed by atoms with Gasteiger partial charge in [-0.3, -0.25) is 14.5 Å². The first-order valence-corrected chi connectivity index (χ1v) is 9.25. The number of amides is 1. The maximum atomic E-state index is 12.3. The van der Waals surface area contributed by atoms with Crippen LogP contribution in [0.2, 0.25) is 0 Å². The summed E-state index contributed by atoms with van der Waals surface area (Å²) in [7, 11) is 0. The summed E-state index contributed by atoms with van der Waals surface area (Å²) in [4.78, 5) is 26.7. The third-order valence-electron chi connectivity index (χ3n) is 4.96. The third-order valence-corrected chi connectivity index (χ3v) is 4.96. The van der Waals surface area contributed by atoms with Crippen LogP contribution in [0.5, 0.6) is 0 Å². The van der Waals surface area contributed by atoms with Crippen molar-refractivity contribution in [2.24, 2.45) is 5.92 Å². The second kappa shape index (κ2) is 8.77. The van der Waals surface area contributed by atoms with Crippen molar-refractivity contribution in [2.45, 2.75) is 32.4 Å². The number of hydrogen-bond donors (Lipinski definition) is 1. The average molecular weight is 350 g/mol. The van der Waals surface area contributed by atoms with Crippen LogP contribution in [0.15, 0.2) is 60.7 Å². The fraction of sp³-hybridized carbons (Fsp3) is 0.364. The first-order chi connectivity index (χ1) is 12.6. The van der Waals surface area contributed by atoms with Gasteiger partial charge in [0.1, 0.15) is 0 Å². The smallest absolute Gasteiger partial charge is 0.220 e. The molecule has 3 rings (SSSR count). The molecule has 1 amide bonds. The van der Waals surface area contributed by atoms with Crippen molar-refractivity contribution in [3.8, 4) is 0 Å². The Morgan fingerprint density at radius 1 is 1.12 bits per heavy atom. The number of benzene rings is 2. The Labute approximate surface area is 155 Å². The highest BCUT2D eigenvalue weighted by molar-refractivity contribution is 5.86. The predicted molar refractivity (Wildman–Crippen MR) is 102 cm³/mol. The Hall–Kier alpha value is -2.46. The summed E-state index contributed by atoms with van der Waals surface area (Å²) in [6, 6.07) is 20.1. The van der Waals surface area contributed by atoms with Gasteiger partial charge in [0.05, 0.1) is 12.6 Å². The topological polar surface area (TPSA) is 49.4 Å². The van der Waals surface area contributed by atoms with Gasteiger partial charge < -0.3 is 5.32 Å². The normalized spacial score (nSPS) is 18.7. The number of carbonyl (C=O) groups excluding carboxylic acids is 2. The Morgan fingerprint density at radius 2 is 1.77 bits per heavy atom. The van der Waals surface area contributed by atoms with E-state index in [0.717, 1.165) is 18.7 Å². The monoisotopic (exact) mass is 350 g/mol. The molecule has 136 valence electrons. The Kier molecular flexibility index (Phi) is 6.18. The molecule has 0 aromatic heterocycles. The van der Waals surface area contributed by atoms with Crippen LogP contribution in [0, 0.1) is 5.92 Å². The number of nitrogens with zero attached hydrogens (tertiary/aromatic N) is 1. The molecular weight excluding hydrogens is 324 g/mol. The van der Waals surface area contributed by atoms with Crippen molar-refractivity contribution in [3.05, 3.63) is 71.8 Å². The Morgan fingerprint density at radius 3 is 2.46 bits per heavy atom. The Bertz CT molecular complexity index is 730. The van der Waals surface area contributed by atoms with Gasteiger partial charge in [0, 0.05) is 25.4 Å². The summed E-state index contributed by atoms with van der Waals surface area (Å²) < 4.78 is 0. The number of likely N-dealkylation sites (tertiary alicyclic amines) is 1. The lowest BCUT2D eigenvalue weighted by Gasteiger charge is -2.16. The highest BCUT2D eigenvalue weighted by atomic mass is 16.1. The van der Waals surface area contributed by atoms with Gasteiger partial charge in [-0.1, -0.05) is 60.7 Å². The van der Waals surface area contributed by atoms with E-state index in [-0.39, 0.29) is 23.7 Å². The maximum Gasteiger partial charge on any atom is 0.220 e. The van der Waals surface area contributed by atoms with Crippen molar-refractivity contribution in [2.75, 3.05) is 13.1 Å². The van der Waals surface area contributed by atoms with Gasteiger partial charge in [0.15, 0.2) is 5.78 Å². The molecule has 0 spiro atoms. The van der Waals surface area contributed by atoms with Crippen molar-refractivity contribution >= 4 is 11.7 Å². The molecule has 26 heavy (non-hydrogen) atoms. The lowest BCUT2D eigenvalue weighted by Crippen LogP contribution is -2.27. The molecule has 2 aromatic rings. The number of hydrogen-bond acceptors (Lipinski definition) is 3. The molecule has 4 nitrogen and oxygen atoms in total. The fourth-order valence-corrected chi connectivity index (χ4v) is 3.49. The molecule has 0 saturated carbocycles. The summed E-state index contributed by atoms with van der Waals surface area (Å²) in [5.41, 5.74) is 2.31. The van der Waals surface area contributed by atoms with E-state index in [1.165, 1.54) is 5.56 Å². The van der Waals surface area contributed by atoms with Crippen LogP contribution < -0.4 is 5.32 Å². The first kappa shape index (κ1) is 18.3. The number of Topliss-reactive ketones (excluding diaryl/α,β-unsaturated/α-hetero) is 1. The number of nitrogens with one attached hydrogen (secondary N) is 1. The van der Waals surface area contributed by atoms with E-state index < -0.39 is 0 Å².